The second-order valence-corrected chi connectivity index (χ2v) is 11.3. The maximum atomic E-state index is 13.8. The van der Waals surface area contributed by atoms with Crippen LogP contribution in [-0.2, 0) is 4.74 Å². The molecule has 2 aliphatic rings. The van der Waals surface area contributed by atoms with Crippen LogP contribution in [0.1, 0.15) is 67.1 Å². The molecule has 0 aliphatic carbocycles. The standard InChI is InChI=1S/C29H33ClN4O3/c1-29(2,3)37-28(36)33-16-14-22(19-33)26-25(17-31-34(26)24-11-9-23(30)10-12-24)27(35)32-15-13-21(18-32)20-7-5-4-6-8-20/h4-12,17,21-22H,13-16,18-19H2,1-3H3. The normalized spacial score (nSPS) is 19.9. The Kier molecular flexibility index (Phi) is 6.99. The molecule has 0 spiro atoms. The number of carbonyl (C=O) groups excluding carboxylic acids is 2. The number of ether oxygens (including phenoxy) is 1. The number of aromatic nitrogens is 2. The molecular weight excluding hydrogens is 488 g/mol. The van der Waals surface area contributed by atoms with Crippen molar-refractivity contribution >= 4 is 23.6 Å². The molecule has 37 heavy (non-hydrogen) atoms. The number of hydrogen-bond acceptors (Lipinski definition) is 4. The summed E-state index contributed by atoms with van der Waals surface area (Å²) in [5, 5.41) is 5.29. The van der Waals surface area contributed by atoms with Crippen molar-refractivity contribution in [1.82, 2.24) is 19.6 Å². The molecule has 0 radical (unpaired) electrons. The van der Waals surface area contributed by atoms with Crippen LogP contribution in [0.25, 0.3) is 5.69 Å². The fourth-order valence-electron chi connectivity index (χ4n) is 5.29. The van der Waals surface area contributed by atoms with Crippen LogP contribution in [0.5, 0.6) is 0 Å². The fraction of sp³-hybridized carbons (Fsp3) is 0.414. The van der Waals surface area contributed by atoms with Gasteiger partial charge in [-0.1, -0.05) is 41.9 Å². The van der Waals surface area contributed by atoms with Gasteiger partial charge in [0.1, 0.15) is 5.60 Å². The summed E-state index contributed by atoms with van der Waals surface area (Å²) in [6, 6.07) is 17.8. The van der Waals surface area contributed by atoms with Crippen LogP contribution in [0.15, 0.2) is 60.8 Å². The van der Waals surface area contributed by atoms with E-state index in [9.17, 15) is 9.59 Å². The van der Waals surface area contributed by atoms with Crippen molar-refractivity contribution in [3.05, 3.63) is 82.6 Å². The average molecular weight is 521 g/mol. The van der Waals surface area contributed by atoms with Gasteiger partial charge in [0.25, 0.3) is 5.91 Å². The number of nitrogens with zero attached hydrogens (tertiary/aromatic N) is 4. The SMILES string of the molecule is CC(C)(C)OC(=O)N1CCC(c2c(C(=O)N3CCC(c4ccccc4)C3)cnn2-c2ccc(Cl)cc2)C1. The van der Waals surface area contributed by atoms with Gasteiger partial charge in [-0.3, -0.25) is 4.79 Å². The maximum absolute atomic E-state index is 13.8. The highest BCUT2D eigenvalue weighted by Crippen LogP contribution is 2.35. The molecule has 2 saturated heterocycles. The molecule has 0 saturated carbocycles. The molecule has 8 heteroatoms. The summed E-state index contributed by atoms with van der Waals surface area (Å²) in [5.41, 5.74) is 2.96. The van der Waals surface area contributed by atoms with Crippen molar-refractivity contribution in [2.45, 2.75) is 51.0 Å². The summed E-state index contributed by atoms with van der Waals surface area (Å²) >= 11 is 6.13. The van der Waals surface area contributed by atoms with Gasteiger partial charge in [0.2, 0.25) is 0 Å². The minimum absolute atomic E-state index is 0.00985. The smallest absolute Gasteiger partial charge is 0.410 e. The van der Waals surface area contributed by atoms with E-state index in [0.29, 0.717) is 42.7 Å². The van der Waals surface area contributed by atoms with E-state index in [4.69, 9.17) is 16.3 Å². The highest BCUT2D eigenvalue weighted by Gasteiger charge is 2.37. The molecule has 1 aromatic heterocycles. The Labute approximate surface area is 223 Å². The minimum Gasteiger partial charge on any atom is -0.444 e. The molecule has 2 aromatic carbocycles. The Bertz CT molecular complexity index is 1270. The molecule has 2 atom stereocenters. The van der Waals surface area contributed by atoms with Gasteiger partial charge < -0.3 is 14.5 Å². The van der Waals surface area contributed by atoms with Crippen LogP contribution in [0.3, 0.4) is 0 Å². The lowest BCUT2D eigenvalue weighted by molar-refractivity contribution is 0.0292. The Hall–Kier alpha value is -3.32. The third-order valence-corrected chi connectivity index (χ3v) is 7.33. The molecule has 194 valence electrons. The Balaban J connectivity index is 1.43. The number of halogens is 1. The maximum Gasteiger partial charge on any atom is 0.410 e. The largest absolute Gasteiger partial charge is 0.444 e. The highest BCUT2D eigenvalue weighted by atomic mass is 35.5. The van der Waals surface area contributed by atoms with E-state index in [1.54, 1.807) is 11.1 Å². The molecule has 5 rings (SSSR count). The fourth-order valence-corrected chi connectivity index (χ4v) is 5.42. The predicted octanol–water partition coefficient (Wildman–Crippen LogP) is 5.88. The van der Waals surface area contributed by atoms with Crippen molar-refractivity contribution in [3.63, 3.8) is 0 Å². The molecule has 2 aliphatic heterocycles. The lowest BCUT2D eigenvalue weighted by Crippen LogP contribution is -2.35. The molecule has 2 fully saturated rings. The van der Waals surface area contributed by atoms with E-state index in [-0.39, 0.29) is 17.9 Å². The summed E-state index contributed by atoms with van der Waals surface area (Å²) in [6.45, 7) is 8.03. The summed E-state index contributed by atoms with van der Waals surface area (Å²) < 4.78 is 7.43. The third kappa shape index (κ3) is 5.52. The van der Waals surface area contributed by atoms with Crippen molar-refractivity contribution in [1.29, 1.82) is 0 Å². The third-order valence-electron chi connectivity index (χ3n) is 7.08. The van der Waals surface area contributed by atoms with Crippen LogP contribution < -0.4 is 0 Å². The van der Waals surface area contributed by atoms with Gasteiger partial charge in [-0.05, 0) is 63.4 Å². The van der Waals surface area contributed by atoms with Gasteiger partial charge in [0, 0.05) is 43.0 Å². The van der Waals surface area contributed by atoms with Crippen LogP contribution in [0.2, 0.25) is 5.02 Å². The first-order valence-electron chi connectivity index (χ1n) is 12.9. The first-order chi connectivity index (χ1) is 17.7. The van der Waals surface area contributed by atoms with Crippen molar-refractivity contribution in [3.8, 4) is 5.69 Å². The topological polar surface area (TPSA) is 67.7 Å². The molecule has 0 bridgehead atoms. The Morgan fingerprint density at radius 1 is 0.919 bits per heavy atom. The Morgan fingerprint density at radius 2 is 1.57 bits per heavy atom. The van der Waals surface area contributed by atoms with Gasteiger partial charge in [-0.2, -0.15) is 5.10 Å². The van der Waals surface area contributed by atoms with E-state index in [1.807, 2.05) is 72.8 Å². The van der Waals surface area contributed by atoms with Gasteiger partial charge in [0.05, 0.1) is 23.1 Å². The number of carbonyl (C=O) groups is 2. The molecule has 2 unspecified atom stereocenters. The number of amides is 2. The zero-order valence-corrected chi connectivity index (χ0v) is 22.3. The second kappa shape index (κ2) is 10.2. The predicted molar refractivity (Wildman–Crippen MR) is 143 cm³/mol. The first kappa shape index (κ1) is 25.3. The minimum atomic E-state index is -0.563. The van der Waals surface area contributed by atoms with E-state index in [0.717, 1.165) is 24.2 Å². The lowest BCUT2D eigenvalue weighted by Gasteiger charge is -2.24. The van der Waals surface area contributed by atoms with Gasteiger partial charge in [-0.15, -0.1) is 0 Å². The summed E-state index contributed by atoms with van der Waals surface area (Å²) in [7, 11) is 0. The number of likely N-dealkylation sites (tertiary alicyclic amines) is 2. The number of rotatable bonds is 4. The van der Waals surface area contributed by atoms with Crippen LogP contribution in [-0.4, -0.2) is 63.4 Å². The van der Waals surface area contributed by atoms with E-state index >= 15 is 0 Å². The van der Waals surface area contributed by atoms with E-state index in [1.165, 1.54) is 5.56 Å². The second-order valence-electron chi connectivity index (χ2n) is 10.9. The number of benzene rings is 2. The molecule has 3 heterocycles. The van der Waals surface area contributed by atoms with Gasteiger partial charge in [-0.25, -0.2) is 9.48 Å². The van der Waals surface area contributed by atoms with E-state index < -0.39 is 5.60 Å². The van der Waals surface area contributed by atoms with E-state index in [2.05, 4.69) is 17.2 Å². The summed E-state index contributed by atoms with van der Waals surface area (Å²) in [5.74, 6) is 0.274. The summed E-state index contributed by atoms with van der Waals surface area (Å²) in [6.07, 6.45) is 3.02. The van der Waals surface area contributed by atoms with Crippen molar-refractivity contribution in [2.24, 2.45) is 0 Å². The lowest BCUT2D eigenvalue weighted by atomic mass is 9.98. The monoisotopic (exact) mass is 520 g/mol. The van der Waals surface area contributed by atoms with Gasteiger partial charge in [0.15, 0.2) is 0 Å². The quantitative estimate of drug-likeness (QED) is 0.431. The first-order valence-corrected chi connectivity index (χ1v) is 13.2. The van der Waals surface area contributed by atoms with Crippen LogP contribution >= 0.6 is 11.6 Å². The molecule has 3 aromatic rings. The molecule has 2 amide bonds. The summed E-state index contributed by atoms with van der Waals surface area (Å²) in [4.78, 5) is 30.3. The zero-order valence-electron chi connectivity index (χ0n) is 21.6. The van der Waals surface area contributed by atoms with Crippen LogP contribution in [0.4, 0.5) is 4.79 Å². The van der Waals surface area contributed by atoms with Crippen LogP contribution in [0, 0.1) is 0 Å². The molecular formula is C29H33ClN4O3. The average Bonchev–Trinajstić information content (AvgIpc) is 3.63. The van der Waals surface area contributed by atoms with Crippen molar-refractivity contribution in [2.75, 3.05) is 26.2 Å². The molecule has 7 nitrogen and oxygen atoms in total. The number of hydrogen-bond donors (Lipinski definition) is 0. The molecule has 0 N–H and O–H groups in total. The Morgan fingerprint density at radius 3 is 2.27 bits per heavy atom. The highest BCUT2D eigenvalue weighted by molar-refractivity contribution is 6.30. The van der Waals surface area contributed by atoms with Crippen molar-refractivity contribution < 1.29 is 14.3 Å². The zero-order chi connectivity index (χ0) is 26.2. The van der Waals surface area contributed by atoms with Gasteiger partial charge >= 0.3 is 6.09 Å².